The van der Waals surface area contributed by atoms with Gasteiger partial charge in [-0.1, -0.05) is 19.1 Å². The third-order valence-electron chi connectivity index (χ3n) is 3.76. The Morgan fingerprint density at radius 1 is 1.41 bits per heavy atom. The Kier molecular flexibility index (Phi) is 4.06. The first-order valence-electron chi connectivity index (χ1n) is 6.79. The molecule has 1 heterocycles. The molecule has 0 fully saturated rings. The minimum atomic E-state index is 0.690. The molecular weight excluding hydrogens is 208 g/mol. The summed E-state index contributed by atoms with van der Waals surface area (Å²) >= 11 is 0. The van der Waals surface area contributed by atoms with Crippen molar-refractivity contribution < 1.29 is 0 Å². The third kappa shape index (κ3) is 2.47. The number of nitrogens with zero attached hydrogens (tertiary/aromatic N) is 1. The van der Waals surface area contributed by atoms with E-state index in [0.717, 1.165) is 13.1 Å². The van der Waals surface area contributed by atoms with Crippen LogP contribution in [0.15, 0.2) is 18.2 Å². The third-order valence-corrected chi connectivity index (χ3v) is 3.76. The summed E-state index contributed by atoms with van der Waals surface area (Å²) in [6.07, 6.45) is 2.43. The molecule has 1 aliphatic heterocycles. The molecular formula is C15H24N2. The molecule has 1 unspecified atom stereocenters. The van der Waals surface area contributed by atoms with Gasteiger partial charge in [-0.2, -0.15) is 0 Å². The molecule has 2 rings (SSSR count). The molecule has 0 saturated carbocycles. The lowest BCUT2D eigenvalue weighted by Crippen LogP contribution is -2.20. The Morgan fingerprint density at radius 2 is 2.24 bits per heavy atom. The SMILES string of the molecule is CCN1CC(C)c2c(CCCNC)cccc21. The van der Waals surface area contributed by atoms with Crippen molar-refractivity contribution in [3.05, 3.63) is 29.3 Å². The normalized spacial score (nSPS) is 18.5. The molecule has 0 spiro atoms. The first-order chi connectivity index (χ1) is 8.27. The number of nitrogens with one attached hydrogen (secondary N) is 1. The van der Waals surface area contributed by atoms with E-state index in [9.17, 15) is 0 Å². The van der Waals surface area contributed by atoms with Gasteiger partial charge in [0.25, 0.3) is 0 Å². The predicted molar refractivity (Wildman–Crippen MR) is 75.0 cm³/mol. The van der Waals surface area contributed by atoms with E-state index in [1.165, 1.54) is 25.1 Å². The van der Waals surface area contributed by atoms with E-state index in [-0.39, 0.29) is 0 Å². The van der Waals surface area contributed by atoms with E-state index >= 15 is 0 Å². The fourth-order valence-electron chi connectivity index (χ4n) is 2.94. The largest absolute Gasteiger partial charge is 0.371 e. The van der Waals surface area contributed by atoms with E-state index in [1.807, 2.05) is 7.05 Å². The maximum Gasteiger partial charge on any atom is 0.0405 e. The van der Waals surface area contributed by atoms with E-state index < -0.39 is 0 Å². The summed E-state index contributed by atoms with van der Waals surface area (Å²) in [6.45, 7) is 8.02. The van der Waals surface area contributed by atoms with Gasteiger partial charge in [-0.15, -0.1) is 0 Å². The van der Waals surface area contributed by atoms with Gasteiger partial charge in [0.15, 0.2) is 0 Å². The standard InChI is InChI=1S/C15H24N2/c1-4-17-11-12(2)15-13(8-6-10-16-3)7-5-9-14(15)17/h5,7,9,12,16H,4,6,8,10-11H2,1-3H3. The van der Waals surface area contributed by atoms with E-state index in [4.69, 9.17) is 0 Å². The Labute approximate surface area is 105 Å². The van der Waals surface area contributed by atoms with Crippen LogP contribution in [0, 0.1) is 0 Å². The molecule has 17 heavy (non-hydrogen) atoms. The molecule has 2 nitrogen and oxygen atoms in total. The van der Waals surface area contributed by atoms with E-state index in [1.54, 1.807) is 11.1 Å². The topological polar surface area (TPSA) is 15.3 Å². The summed E-state index contributed by atoms with van der Waals surface area (Å²) in [5.74, 6) is 0.690. The lowest BCUT2D eigenvalue weighted by atomic mass is 9.94. The van der Waals surface area contributed by atoms with E-state index in [0.29, 0.717) is 5.92 Å². The van der Waals surface area contributed by atoms with E-state index in [2.05, 4.69) is 42.3 Å². The van der Waals surface area contributed by atoms with Crippen molar-refractivity contribution in [3.63, 3.8) is 0 Å². The zero-order chi connectivity index (χ0) is 12.3. The summed E-state index contributed by atoms with van der Waals surface area (Å²) in [4.78, 5) is 2.50. The first-order valence-corrected chi connectivity index (χ1v) is 6.79. The zero-order valence-corrected chi connectivity index (χ0v) is 11.3. The number of benzene rings is 1. The van der Waals surface area contributed by atoms with Crippen LogP contribution in [0.2, 0.25) is 0 Å². The van der Waals surface area contributed by atoms with Crippen molar-refractivity contribution in [1.82, 2.24) is 5.32 Å². The lowest BCUT2D eigenvalue weighted by molar-refractivity contribution is 0.712. The number of anilines is 1. The van der Waals surface area contributed by atoms with Crippen molar-refractivity contribution in [3.8, 4) is 0 Å². The average Bonchev–Trinajstić information content (AvgIpc) is 2.68. The molecule has 0 aliphatic carbocycles. The van der Waals surface area contributed by atoms with Crippen LogP contribution in [-0.2, 0) is 6.42 Å². The van der Waals surface area contributed by atoms with Crippen LogP contribution in [0.3, 0.4) is 0 Å². The van der Waals surface area contributed by atoms with Crippen LogP contribution in [0.25, 0.3) is 0 Å². The maximum atomic E-state index is 3.23. The van der Waals surface area contributed by atoms with Crippen molar-refractivity contribution in [2.24, 2.45) is 0 Å². The minimum absolute atomic E-state index is 0.690. The molecule has 0 aromatic heterocycles. The summed E-state index contributed by atoms with van der Waals surface area (Å²) in [6, 6.07) is 6.81. The highest BCUT2D eigenvalue weighted by molar-refractivity contribution is 5.62. The fourth-order valence-corrected chi connectivity index (χ4v) is 2.94. The molecule has 1 atom stereocenters. The fraction of sp³-hybridized carbons (Fsp3) is 0.600. The van der Waals surface area contributed by atoms with Gasteiger partial charge >= 0.3 is 0 Å². The van der Waals surface area contributed by atoms with Crippen LogP contribution < -0.4 is 10.2 Å². The van der Waals surface area contributed by atoms with Crippen LogP contribution in [-0.4, -0.2) is 26.7 Å². The summed E-state index contributed by atoms with van der Waals surface area (Å²) < 4.78 is 0. The predicted octanol–water partition coefficient (Wildman–Crippen LogP) is 2.78. The number of hydrogen-bond acceptors (Lipinski definition) is 2. The van der Waals surface area contributed by atoms with Gasteiger partial charge in [0.2, 0.25) is 0 Å². The summed E-state index contributed by atoms with van der Waals surface area (Å²) in [5.41, 5.74) is 4.63. The molecule has 2 heteroatoms. The minimum Gasteiger partial charge on any atom is -0.371 e. The van der Waals surface area contributed by atoms with Gasteiger partial charge in [0.05, 0.1) is 0 Å². The van der Waals surface area contributed by atoms with Crippen molar-refractivity contribution in [2.45, 2.75) is 32.6 Å². The Balaban J connectivity index is 2.21. The second kappa shape index (κ2) is 5.54. The van der Waals surface area contributed by atoms with Crippen LogP contribution >= 0.6 is 0 Å². The van der Waals surface area contributed by atoms with Gasteiger partial charge in [-0.05, 0) is 50.6 Å². The number of likely N-dealkylation sites (N-methyl/N-ethyl adjacent to an activating group) is 1. The van der Waals surface area contributed by atoms with Crippen LogP contribution in [0.5, 0.6) is 0 Å². The molecule has 1 aromatic rings. The number of rotatable bonds is 5. The summed E-state index contributed by atoms with van der Waals surface area (Å²) in [5, 5.41) is 3.23. The smallest absolute Gasteiger partial charge is 0.0405 e. The van der Waals surface area contributed by atoms with Gasteiger partial charge < -0.3 is 10.2 Å². The van der Waals surface area contributed by atoms with Gasteiger partial charge in [-0.25, -0.2) is 0 Å². The average molecular weight is 232 g/mol. The molecule has 0 amide bonds. The lowest BCUT2D eigenvalue weighted by Gasteiger charge is -2.17. The number of aryl methyl sites for hydroxylation is 1. The number of fused-ring (bicyclic) bond motifs is 1. The molecule has 0 radical (unpaired) electrons. The van der Waals surface area contributed by atoms with Crippen LogP contribution in [0.1, 0.15) is 37.3 Å². The maximum absolute atomic E-state index is 3.23. The molecule has 1 N–H and O–H groups in total. The Hall–Kier alpha value is -1.02. The van der Waals surface area contributed by atoms with Crippen LogP contribution in [0.4, 0.5) is 5.69 Å². The van der Waals surface area contributed by atoms with Crippen molar-refractivity contribution in [2.75, 3.05) is 31.6 Å². The molecule has 1 aliphatic rings. The monoisotopic (exact) mass is 232 g/mol. The molecule has 0 bridgehead atoms. The van der Waals surface area contributed by atoms with Gasteiger partial charge in [0.1, 0.15) is 0 Å². The van der Waals surface area contributed by atoms with Gasteiger partial charge in [-0.3, -0.25) is 0 Å². The first kappa shape index (κ1) is 12.4. The second-order valence-corrected chi connectivity index (χ2v) is 5.00. The summed E-state index contributed by atoms with van der Waals surface area (Å²) in [7, 11) is 2.02. The Morgan fingerprint density at radius 3 is 2.94 bits per heavy atom. The van der Waals surface area contributed by atoms with Crippen molar-refractivity contribution >= 4 is 5.69 Å². The second-order valence-electron chi connectivity index (χ2n) is 5.00. The molecule has 1 aromatic carbocycles. The molecule has 94 valence electrons. The van der Waals surface area contributed by atoms with Gasteiger partial charge in [0, 0.05) is 24.7 Å². The Bertz CT molecular complexity index is 373. The number of hydrogen-bond donors (Lipinski definition) is 1. The zero-order valence-electron chi connectivity index (χ0n) is 11.3. The molecule has 0 saturated heterocycles. The highest BCUT2D eigenvalue weighted by Crippen LogP contribution is 2.38. The quantitative estimate of drug-likeness (QED) is 0.785. The van der Waals surface area contributed by atoms with Crippen molar-refractivity contribution in [1.29, 1.82) is 0 Å². The highest BCUT2D eigenvalue weighted by atomic mass is 15.1. The highest BCUT2D eigenvalue weighted by Gasteiger charge is 2.26.